The molecular formula is C26H31NO7. The molecule has 0 saturated carbocycles. The van der Waals surface area contributed by atoms with Gasteiger partial charge in [0.25, 0.3) is 5.91 Å². The molecule has 0 bridgehead atoms. The molecule has 0 atom stereocenters. The molecule has 0 fully saturated rings. The maximum absolute atomic E-state index is 13.1. The zero-order valence-corrected chi connectivity index (χ0v) is 20.4. The van der Waals surface area contributed by atoms with E-state index in [2.05, 4.69) is 11.9 Å². The average molecular weight is 470 g/mol. The van der Waals surface area contributed by atoms with Crippen molar-refractivity contribution >= 4 is 23.5 Å². The van der Waals surface area contributed by atoms with Crippen LogP contribution in [0.25, 0.3) is 0 Å². The van der Waals surface area contributed by atoms with Gasteiger partial charge in [-0.2, -0.15) is 0 Å². The monoisotopic (exact) mass is 469 g/mol. The molecule has 8 heteroatoms. The third-order valence-electron chi connectivity index (χ3n) is 4.24. The van der Waals surface area contributed by atoms with Gasteiger partial charge in [0.1, 0.15) is 17.8 Å². The largest absolute Gasteiger partial charge is 0.486 e. The van der Waals surface area contributed by atoms with Crippen LogP contribution in [-0.2, 0) is 9.47 Å². The molecule has 0 unspecified atom stereocenters. The number of carbonyl (C=O) groups is 3. The number of carbonyl (C=O) groups excluding carboxylic acids is 3. The van der Waals surface area contributed by atoms with E-state index in [9.17, 15) is 14.4 Å². The minimum absolute atomic E-state index is 0.0872. The summed E-state index contributed by atoms with van der Waals surface area (Å²) in [6.07, 6.45) is 1.22. The van der Waals surface area contributed by atoms with E-state index in [-0.39, 0.29) is 35.3 Å². The van der Waals surface area contributed by atoms with E-state index in [4.69, 9.17) is 18.9 Å². The molecule has 0 radical (unpaired) electrons. The van der Waals surface area contributed by atoms with Crippen molar-refractivity contribution in [3.63, 3.8) is 0 Å². The van der Waals surface area contributed by atoms with Crippen LogP contribution in [0.15, 0.2) is 49.1 Å². The van der Waals surface area contributed by atoms with Crippen LogP contribution in [-0.4, -0.2) is 43.3 Å². The van der Waals surface area contributed by atoms with Crippen molar-refractivity contribution in [2.75, 3.05) is 19.0 Å². The molecule has 0 spiro atoms. The number of hydrogen-bond donors (Lipinski definition) is 1. The molecule has 0 aliphatic rings. The van der Waals surface area contributed by atoms with Gasteiger partial charge in [0.2, 0.25) is 0 Å². The van der Waals surface area contributed by atoms with E-state index in [1.807, 2.05) is 0 Å². The Labute approximate surface area is 199 Å². The van der Waals surface area contributed by atoms with E-state index in [0.717, 1.165) is 0 Å². The number of hydrogen-bond acceptors (Lipinski definition) is 7. The number of rotatable bonds is 9. The smallest absolute Gasteiger partial charge is 0.341 e. The molecule has 2 rings (SSSR count). The molecule has 8 nitrogen and oxygen atoms in total. The SMILES string of the molecule is C=CCOc1c(C(=O)Nc2ccc(C(=O)OC(C)(C)C)cc2)ccc(C(=O)OC)c1OC(C)C. The Hall–Kier alpha value is -3.81. The van der Waals surface area contributed by atoms with Crippen LogP contribution >= 0.6 is 0 Å². The molecule has 2 aromatic rings. The lowest BCUT2D eigenvalue weighted by Gasteiger charge is -2.20. The van der Waals surface area contributed by atoms with Gasteiger partial charge in [-0.3, -0.25) is 4.79 Å². The summed E-state index contributed by atoms with van der Waals surface area (Å²) >= 11 is 0. The summed E-state index contributed by atoms with van der Waals surface area (Å²) in [5.41, 5.74) is 0.487. The lowest BCUT2D eigenvalue weighted by atomic mass is 10.1. The Morgan fingerprint density at radius 2 is 1.59 bits per heavy atom. The first-order chi connectivity index (χ1) is 16.0. The van der Waals surface area contributed by atoms with Crippen LogP contribution in [0.5, 0.6) is 11.5 Å². The van der Waals surface area contributed by atoms with E-state index >= 15 is 0 Å². The first-order valence-electron chi connectivity index (χ1n) is 10.8. The lowest BCUT2D eigenvalue weighted by molar-refractivity contribution is 0.00692. The van der Waals surface area contributed by atoms with Crippen molar-refractivity contribution in [1.29, 1.82) is 0 Å². The molecule has 182 valence electrons. The molecule has 0 aliphatic carbocycles. The summed E-state index contributed by atoms with van der Waals surface area (Å²) in [6.45, 7) is 12.7. The summed E-state index contributed by atoms with van der Waals surface area (Å²) < 4.78 is 21.8. The number of nitrogens with one attached hydrogen (secondary N) is 1. The van der Waals surface area contributed by atoms with Crippen LogP contribution in [0.1, 0.15) is 65.7 Å². The van der Waals surface area contributed by atoms with Gasteiger partial charge in [0, 0.05) is 5.69 Å². The van der Waals surface area contributed by atoms with Gasteiger partial charge < -0.3 is 24.3 Å². The van der Waals surface area contributed by atoms with Crippen molar-refractivity contribution in [3.8, 4) is 11.5 Å². The molecule has 1 amide bonds. The van der Waals surface area contributed by atoms with Gasteiger partial charge in [-0.1, -0.05) is 12.7 Å². The van der Waals surface area contributed by atoms with Gasteiger partial charge in [-0.05, 0) is 71.0 Å². The highest BCUT2D eigenvalue weighted by Crippen LogP contribution is 2.37. The number of benzene rings is 2. The second kappa shape index (κ2) is 11.4. The molecule has 1 N–H and O–H groups in total. The van der Waals surface area contributed by atoms with Crippen LogP contribution in [0.3, 0.4) is 0 Å². The zero-order chi connectivity index (χ0) is 25.5. The molecular weight excluding hydrogens is 438 g/mol. The van der Waals surface area contributed by atoms with Crippen LogP contribution in [0, 0.1) is 0 Å². The maximum Gasteiger partial charge on any atom is 0.341 e. The molecule has 0 heterocycles. The number of anilines is 1. The normalized spacial score (nSPS) is 10.9. The summed E-state index contributed by atoms with van der Waals surface area (Å²) in [7, 11) is 1.26. The van der Waals surface area contributed by atoms with Gasteiger partial charge in [0.15, 0.2) is 11.5 Å². The predicted molar refractivity (Wildman–Crippen MR) is 129 cm³/mol. The summed E-state index contributed by atoms with van der Waals surface area (Å²) in [6, 6.07) is 9.22. The number of esters is 2. The Morgan fingerprint density at radius 1 is 0.971 bits per heavy atom. The molecule has 0 aromatic heterocycles. The average Bonchev–Trinajstić information content (AvgIpc) is 2.76. The highest BCUT2D eigenvalue weighted by atomic mass is 16.6. The first-order valence-corrected chi connectivity index (χ1v) is 10.8. The molecule has 34 heavy (non-hydrogen) atoms. The quantitative estimate of drug-likeness (QED) is 0.406. The summed E-state index contributed by atoms with van der Waals surface area (Å²) in [5.74, 6) is -1.37. The van der Waals surface area contributed by atoms with Gasteiger partial charge in [-0.15, -0.1) is 0 Å². The Morgan fingerprint density at radius 3 is 2.12 bits per heavy atom. The number of amides is 1. The highest BCUT2D eigenvalue weighted by Gasteiger charge is 2.26. The fraction of sp³-hybridized carbons (Fsp3) is 0.346. The van der Waals surface area contributed by atoms with Crippen molar-refractivity contribution < 1.29 is 33.3 Å². The van der Waals surface area contributed by atoms with Gasteiger partial charge in [0.05, 0.1) is 24.3 Å². The number of methoxy groups -OCH3 is 1. The minimum atomic E-state index is -0.621. The third-order valence-corrected chi connectivity index (χ3v) is 4.24. The minimum Gasteiger partial charge on any atom is -0.486 e. The van der Waals surface area contributed by atoms with Crippen molar-refractivity contribution in [3.05, 3.63) is 65.7 Å². The van der Waals surface area contributed by atoms with Crippen molar-refractivity contribution in [1.82, 2.24) is 0 Å². The van der Waals surface area contributed by atoms with E-state index in [1.165, 1.54) is 25.3 Å². The second-order valence-electron chi connectivity index (χ2n) is 8.61. The Balaban J connectivity index is 2.38. The third kappa shape index (κ3) is 7.10. The zero-order valence-electron chi connectivity index (χ0n) is 20.4. The van der Waals surface area contributed by atoms with Crippen molar-refractivity contribution in [2.45, 2.75) is 46.3 Å². The molecule has 0 saturated heterocycles. The molecule has 0 aliphatic heterocycles. The summed E-state index contributed by atoms with van der Waals surface area (Å²) in [4.78, 5) is 37.6. The van der Waals surface area contributed by atoms with Crippen molar-refractivity contribution in [2.24, 2.45) is 0 Å². The topological polar surface area (TPSA) is 100 Å². The molecule has 2 aromatic carbocycles. The first kappa shape index (κ1) is 26.4. The van der Waals surface area contributed by atoms with Crippen LogP contribution < -0.4 is 14.8 Å². The van der Waals surface area contributed by atoms with E-state index in [1.54, 1.807) is 58.9 Å². The standard InChI is InChI=1S/C26H31NO7/c1-8-15-32-21-19(13-14-20(25(30)31-7)22(21)33-16(2)3)23(28)27-18-11-9-17(10-12-18)24(29)34-26(4,5)6/h8-14,16H,1,15H2,2-7H3,(H,27,28). The Bertz CT molecular complexity index is 1050. The fourth-order valence-corrected chi connectivity index (χ4v) is 2.88. The fourth-order valence-electron chi connectivity index (χ4n) is 2.88. The van der Waals surface area contributed by atoms with Crippen LogP contribution in [0.4, 0.5) is 5.69 Å². The predicted octanol–water partition coefficient (Wildman–Crippen LogP) is 5.03. The van der Waals surface area contributed by atoms with Gasteiger partial charge in [-0.25, -0.2) is 9.59 Å². The van der Waals surface area contributed by atoms with Crippen LogP contribution in [0.2, 0.25) is 0 Å². The maximum atomic E-state index is 13.1. The summed E-state index contributed by atoms with van der Waals surface area (Å²) in [5, 5.41) is 2.76. The lowest BCUT2D eigenvalue weighted by Crippen LogP contribution is -2.23. The van der Waals surface area contributed by atoms with E-state index in [0.29, 0.717) is 11.3 Å². The number of ether oxygens (including phenoxy) is 4. The second-order valence-corrected chi connectivity index (χ2v) is 8.61. The highest BCUT2D eigenvalue weighted by molar-refractivity contribution is 6.08. The Kier molecular flexibility index (Phi) is 8.83. The van der Waals surface area contributed by atoms with E-state index < -0.39 is 23.4 Å². The van der Waals surface area contributed by atoms with Gasteiger partial charge >= 0.3 is 11.9 Å².